The maximum Gasteiger partial charge on any atom is 0.222 e. The summed E-state index contributed by atoms with van der Waals surface area (Å²) >= 11 is 0. The molecule has 0 saturated heterocycles. The van der Waals surface area contributed by atoms with Crippen LogP contribution in [-0.4, -0.2) is 23.9 Å². The lowest BCUT2D eigenvalue weighted by atomic mass is 10.2. The molecule has 2 nitrogen and oxygen atoms in total. The Labute approximate surface area is 63.2 Å². The van der Waals surface area contributed by atoms with Crippen LogP contribution in [0.1, 0.15) is 33.6 Å². The molecule has 0 rings (SSSR count). The van der Waals surface area contributed by atoms with E-state index in [4.69, 9.17) is 0 Å². The highest BCUT2D eigenvalue weighted by Crippen LogP contribution is 1.98. The van der Waals surface area contributed by atoms with Crippen molar-refractivity contribution >= 4 is 5.91 Å². The van der Waals surface area contributed by atoms with Crippen LogP contribution in [0.25, 0.3) is 0 Å². The molecule has 0 radical (unpaired) electrons. The van der Waals surface area contributed by atoms with Crippen molar-refractivity contribution in [3.8, 4) is 0 Å². The molecule has 0 N–H and O–H groups in total. The van der Waals surface area contributed by atoms with Crippen LogP contribution in [0.5, 0.6) is 0 Å². The predicted molar refractivity (Wildman–Crippen MR) is 42.8 cm³/mol. The van der Waals surface area contributed by atoms with Gasteiger partial charge in [0.15, 0.2) is 0 Å². The molecule has 0 saturated carbocycles. The summed E-state index contributed by atoms with van der Waals surface area (Å²) in [6.45, 7) is 6.06. The fraction of sp³-hybridized carbons (Fsp3) is 0.875. The van der Waals surface area contributed by atoms with E-state index < -0.39 is 0 Å². The zero-order valence-electron chi connectivity index (χ0n) is 7.35. The summed E-state index contributed by atoms with van der Waals surface area (Å²) in [5.41, 5.74) is 0. The normalized spacial score (nSPS) is 10.1. The molecule has 0 fully saturated rings. The van der Waals surface area contributed by atoms with E-state index in [1.807, 2.05) is 27.8 Å². The van der Waals surface area contributed by atoms with E-state index in [0.29, 0.717) is 12.5 Å². The first-order valence-electron chi connectivity index (χ1n) is 3.85. The summed E-state index contributed by atoms with van der Waals surface area (Å²) in [7, 11) is 1.85. The Bertz CT molecular complexity index is 110. The van der Waals surface area contributed by atoms with Crippen molar-refractivity contribution in [3.63, 3.8) is 0 Å². The largest absolute Gasteiger partial charge is 0.343 e. The molecule has 0 atom stereocenters. The van der Waals surface area contributed by atoms with Crippen molar-refractivity contribution in [2.75, 3.05) is 7.05 Å². The first kappa shape index (κ1) is 9.47. The number of carbonyl (C=O) groups excluding carboxylic acids is 1. The third-order valence-electron chi connectivity index (χ3n) is 1.63. The third kappa shape index (κ3) is 2.85. The molecule has 2 heteroatoms. The molecule has 0 aromatic heterocycles. The molecule has 0 heterocycles. The van der Waals surface area contributed by atoms with Gasteiger partial charge in [-0.1, -0.05) is 6.92 Å². The lowest BCUT2D eigenvalue weighted by molar-refractivity contribution is -0.131. The first-order valence-corrected chi connectivity index (χ1v) is 3.85. The second-order valence-electron chi connectivity index (χ2n) is 2.85. The van der Waals surface area contributed by atoms with E-state index in [0.717, 1.165) is 6.42 Å². The van der Waals surface area contributed by atoms with Gasteiger partial charge in [0, 0.05) is 19.5 Å². The fourth-order valence-electron chi connectivity index (χ4n) is 0.678. The topological polar surface area (TPSA) is 20.3 Å². The van der Waals surface area contributed by atoms with Gasteiger partial charge in [0.2, 0.25) is 5.91 Å². The minimum absolute atomic E-state index is 0.248. The van der Waals surface area contributed by atoms with Gasteiger partial charge in [-0.05, 0) is 20.3 Å². The van der Waals surface area contributed by atoms with Gasteiger partial charge in [-0.25, -0.2) is 0 Å². The average molecular weight is 143 g/mol. The van der Waals surface area contributed by atoms with E-state index in [1.165, 1.54) is 0 Å². The molecule has 0 unspecified atom stereocenters. The van der Waals surface area contributed by atoms with Crippen LogP contribution in [0.4, 0.5) is 0 Å². The Morgan fingerprint density at radius 1 is 1.50 bits per heavy atom. The van der Waals surface area contributed by atoms with Crippen LogP contribution in [0.2, 0.25) is 0 Å². The van der Waals surface area contributed by atoms with Crippen molar-refractivity contribution in [1.29, 1.82) is 0 Å². The van der Waals surface area contributed by atoms with Crippen LogP contribution in [-0.2, 0) is 4.79 Å². The SMILES string of the molecule is CCCC(=O)N(C)C(C)C. The van der Waals surface area contributed by atoms with Crippen molar-refractivity contribution in [2.45, 2.75) is 39.7 Å². The van der Waals surface area contributed by atoms with Crippen LogP contribution in [0.3, 0.4) is 0 Å². The minimum atomic E-state index is 0.248. The standard InChI is InChI=1S/C8H17NO/c1-5-6-8(10)9(4)7(2)3/h7H,5-6H2,1-4H3. The highest BCUT2D eigenvalue weighted by molar-refractivity contribution is 5.75. The Hall–Kier alpha value is -0.530. The molecule has 1 amide bonds. The maximum absolute atomic E-state index is 11.1. The lowest BCUT2D eigenvalue weighted by Gasteiger charge is -2.20. The molecule has 60 valence electrons. The molecule has 0 bridgehead atoms. The molecular formula is C8H17NO. The van der Waals surface area contributed by atoms with E-state index >= 15 is 0 Å². The fourth-order valence-corrected chi connectivity index (χ4v) is 0.678. The van der Waals surface area contributed by atoms with Gasteiger partial charge < -0.3 is 4.90 Å². The highest BCUT2D eigenvalue weighted by Gasteiger charge is 2.09. The number of amides is 1. The Kier molecular flexibility index (Phi) is 4.08. The zero-order chi connectivity index (χ0) is 8.15. The third-order valence-corrected chi connectivity index (χ3v) is 1.63. The summed E-state index contributed by atoms with van der Waals surface area (Å²) < 4.78 is 0. The zero-order valence-corrected chi connectivity index (χ0v) is 7.35. The Morgan fingerprint density at radius 2 is 2.00 bits per heavy atom. The van der Waals surface area contributed by atoms with Gasteiger partial charge in [-0.15, -0.1) is 0 Å². The summed E-state index contributed by atoms with van der Waals surface area (Å²) in [4.78, 5) is 12.9. The maximum atomic E-state index is 11.1. The lowest BCUT2D eigenvalue weighted by Crippen LogP contribution is -2.32. The van der Waals surface area contributed by atoms with Crippen LogP contribution in [0, 0.1) is 0 Å². The summed E-state index contributed by atoms with van der Waals surface area (Å²) in [5, 5.41) is 0. The molecule has 0 aliphatic heterocycles. The smallest absolute Gasteiger partial charge is 0.222 e. The summed E-state index contributed by atoms with van der Waals surface area (Å²) in [5.74, 6) is 0.248. The molecule has 0 aliphatic rings. The van der Waals surface area contributed by atoms with Crippen molar-refractivity contribution < 1.29 is 4.79 Å². The molecule has 0 aliphatic carbocycles. The predicted octanol–water partition coefficient (Wildman–Crippen LogP) is 1.65. The van der Waals surface area contributed by atoms with Crippen LogP contribution < -0.4 is 0 Å². The Morgan fingerprint density at radius 3 is 2.30 bits per heavy atom. The molecule has 0 aromatic carbocycles. The van der Waals surface area contributed by atoms with Crippen LogP contribution in [0.15, 0.2) is 0 Å². The monoisotopic (exact) mass is 143 g/mol. The quantitative estimate of drug-likeness (QED) is 0.588. The van der Waals surface area contributed by atoms with Gasteiger partial charge in [0.25, 0.3) is 0 Å². The number of carbonyl (C=O) groups is 1. The second kappa shape index (κ2) is 4.31. The van der Waals surface area contributed by atoms with Crippen LogP contribution >= 0.6 is 0 Å². The van der Waals surface area contributed by atoms with Gasteiger partial charge in [-0.2, -0.15) is 0 Å². The molecule has 10 heavy (non-hydrogen) atoms. The molecular weight excluding hydrogens is 126 g/mol. The summed E-state index contributed by atoms with van der Waals surface area (Å²) in [6.07, 6.45) is 1.62. The second-order valence-corrected chi connectivity index (χ2v) is 2.85. The van der Waals surface area contributed by atoms with Crippen molar-refractivity contribution in [2.24, 2.45) is 0 Å². The van der Waals surface area contributed by atoms with E-state index in [-0.39, 0.29) is 5.91 Å². The number of hydrogen-bond acceptors (Lipinski definition) is 1. The molecule has 0 aromatic rings. The van der Waals surface area contributed by atoms with E-state index in [2.05, 4.69) is 0 Å². The number of nitrogens with zero attached hydrogens (tertiary/aromatic N) is 1. The minimum Gasteiger partial charge on any atom is -0.343 e. The number of rotatable bonds is 3. The van der Waals surface area contributed by atoms with Gasteiger partial charge in [-0.3, -0.25) is 4.79 Å². The average Bonchev–Trinajstić information content (AvgIpc) is 1.87. The van der Waals surface area contributed by atoms with Crippen molar-refractivity contribution in [1.82, 2.24) is 4.90 Å². The van der Waals surface area contributed by atoms with E-state index in [9.17, 15) is 4.79 Å². The first-order chi connectivity index (χ1) is 4.59. The Balaban J connectivity index is 3.71. The molecule has 0 spiro atoms. The number of hydrogen-bond donors (Lipinski definition) is 0. The van der Waals surface area contributed by atoms with E-state index in [1.54, 1.807) is 4.90 Å². The van der Waals surface area contributed by atoms with Gasteiger partial charge >= 0.3 is 0 Å². The highest BCUT2D eigenvalue weighted by atomic mass is 16.2. The van der Waals surface area contributed by atoms with Gasteiger partial charge in [0.1, 0.15) is 0 Å². The summed E-state index contributed by atoms with van der Waals surface area (Å²) in [6, 6.07) is 0.332. The van der Waals surface area contributed by atoms with Crippen molar-refractivity contribution in [3.05, 3.63) is 0 Å². The van der Waals surface area contributed by atoms with Gasteiger partial charge in [0.05, 0.1) is 0 Å².